The first-order valence-corrected chi connectivity index (χ1v) is 8.52. The van der Waals surface area contributed by atoms with Crippen molar-refractivity contribution in [2.24, 2.45) is 17.3 Å². The highest BCUT2D eigenvalue weighted by Gasteiger charge is 2.57. The van der Waals surface area contributed by atoms with Gasteiger partial charge in [0.25, 0.3) is 0 Å². The van der Waals surface area contributed by atoms with E-state index in [-0.39, 0.29) is 31.7 Å². The minimum atomic E-state index is -4.14. The van der Waals surface area contributed by atoms with Crippen LogP contribution in [0.2, 0.25) is 0 Å². The van der Waals surface area contributed by atoms with Gasteiger partial charge in [0.2, 0.25) is 0 Å². The van der Waals surface area contributed by atoms with E-state index >= 15 is 0 Å². The highest BCUT2D eigenvalue weighted by atomic mass is 19.4. The Morgan fingerprint density at radius 2 is 2.09 bits per heavy atom. The van der Waals surface area contributed by atoms with Crippen molar-refractivity contribution in [1.82, 2.24) is 15.0 Å². The number of aryl methyl sites for hydroxylation is 1. The molecule has 3 saturated carbocycles. The molecule has 7 heteroatoms. The number of fused-ring (bicyclic) bond motifs is 2. The van der Waals surface area contributed by atoms with Gasteiger partial charge in [0.05, 0.1) is 11.6 Å². The van der Waals surface area contributed by atoms with Crippen LogP contribution in [-0.2, 0) is 12.1 Å². The Morgan fingerprint density at radius 3 is 2.61 bits per heavy atom. The number of rotatable bonds is 4. The molecule has 128 valence electrons. The summed E-state index contributed by atoms with van der Waals surface area (Å²) in [5.41, 5.74) is -1.92. The summed E-state index contributed by atoms with van der Waals surface area (Å²) in [6.45, 7) is 0.205. The first-order chi connectivity index (χ1) is 10.8. The lowest BCUT2D eigenvalue weighted by Gasteiger charge is -2.43. The van der Waals surface area contributed by atoms with Crippen LogP contribution in [-0.4, -0.2) is 26.3 Å². The minimum absolute atomic E-state index is 0.0454. The molecule has 4 rings (SSSR count). The van der Waals surface area contributed by atoms with Crippen molar-refractivity contribution >= 4 is 0 Å². The number of alkyl halides is 3. The predicted molar refractivity (Wildman–Crippen MR) is 76.3 cm³/mol. The molecular weight excluding hydrogens is 307 g/mol. The fraction of sp³-hybridized carbons (Fsp3) is 0.875. The van der Waals surface area contributed by atoms with E-state index in [0.29, 0.717) is 24.5 Å². The second-order valence-electron chi connectivity index (χ2n) is 7.75. The van der Waals surface area contributed by atoms with E-state index in [1.165, 1.54) is 4.68 Å². The van der Waals surface area contributed by atoms with Gasteiger partial charge in [-0.15, -0.1) is 5.10 Å². The average Bonchev–Trinajstić information content (AvgIpc) is 3.09. The van der Waals surface area contributed by atoms with Gasteiger partial charge in [-0.2, -0.15) is 13.2 Å². The summed E-state index contributed by atoms with van der Waals surface area (Å²) in [7, 11) is 0. The van der Waals surface area contributed by atoms with E-state index < -0.39 is 17.2 Å². The van der Waals surface area contributed by atoms with E-state index in [1.54, 1.807) is 6.20 Å². The molecule has 2 bridgehead atoms. The number of hydrogen-bond donors (Lipinski definition) is 1. The minimum Gasteiger partial charge on any atom is -0.383 e. The maximum absolute atomic E-state index is 13.2. The predicted octanol–water partition coefficient (Wildman–Crippen LogP) is 3.41. The van der Waals surface area contributed by atoms with Crippen molar-refractivity contribution in [3.8, 4) is 0 Å². The summed E-state index contributed by atoms with van der Waals surface area (Å²) >= 11 is 0. The molecule has 0 aliphatic heterocycles. The molecule has 4 nitrogen and oxygen atoms in total. The topological polar surface area (TPSA) is 50.9 Å². The Morgan fingerprint density at radius 1 is 1.30 bits per heavy atom. The van der Waals surface area contributed by atoms with Crippen molar-refractivity contribution in [2.45, 2.75) is 69.7 Å². The normalized spacial score (nSPS) is 35.5. The molecule has 1 aromatic rings. The van der Waals surface area contributed by atoms with Crippen LogP contribution < -0.4 is 0 Å². The summed E-state index contributed by atoms with van der Waals surface area (Å²) in [6.07, 6.45) is 2.54. The van der Waals surface area contributed by atoms with Crippen molar-refractivity contribution in [1.29, 1.82) is 0 Å². The molecule has 0 radical (unpaired) electrons. The first-order valence-electron chi connectivity index (χ1n) is 8.52. The number of aromatic nitrogens is 3. The second-order valence-corrected chi connectivity index (χ2v) is 7.75. The van der Waals surface area contributed by atoms with E-state index in [4.69, 9.17) is 0 Å². The van der Waals surface area contributed by atoms with Gasteiger partial charge in [0, 0.05) is 6.54 Å². The molecule has 1 N–H and O–H groups in total. The average molecular weight is 329 g/mol. The van der Waals surface area contributed by atoms with Crippen molar-refractivity contribution in [3.63, 3.8) is 0 Å². The third-order valence-corrected chi connectivity index (χ3v) is 6.53. The molecule has 3 unspecified atom stereocenters. The summed E-state index contributed by atoms with van der Waals surface area (Å²) in [5.74, 6) is 0.782. The number of hydrogen-bond acceptors (Lipinski definition) is 3. The van der Waals surface area contributed by atoms with Crippen LogP contribution in [0.15, 0.2) is 6.20 Å². The molecular formula is C16H22F3N3O. The van der Waals surface area contributed by atoms with E-state index in [1.807, 2.05) is 0 Å². The van der Waals surface area contributed by atoms with E-state index in [0.717, 1.165) is 19.3 Å². The highest BCUT2D eigenvalue weighted by Crippen LogP contribution is 2.56. The summed E-state index contributed by atoms with van der Waals surface area (Å²) in [4.78, 5) is 0. The van der Waals surface area contributed by atoms with Gasteiger partial charge < -0.3 is 5.11 Å². The Hall–Kier alpha value is -1.11. The van der Waals surface area contributed by atoms with Crippen LogP contribution in [0.25, 0.3) is 0 Å². The fourth-order valence-electron chi connectivity index (χ4n) is 4.83. The van der Waals surface area contributed by atoms with Crippen LogP contribution in [0, 0.1) is 17.3 Å². The molecule has 3 atom stereocenters. The molecule has 1 heterocycles. The SMILES string of the molecule is OC1(c2cn(CCC3(C(F)(F)F)CCC3)nn2)CC2CCC1C2. The zero-order valence-corrected chi connectivity index (χ0v) is 13.0. The Bertz CT molecular complexity index is 596. The fourth-order valence-corrected chi connectivity index (χ4v) is 4.83. The van der Waals surface area contributed by atoms with Crippen molar-refractivity contribution < 1.29 is 18.3 Å². The maximum Gasteiger partial charge on any atom is 0.394 e. The number of halogens is 3. The van der Waals surface area contributed by atoms with Gasteiger partial charge in [-0.05, 0) is 56.8 Å². The van der Waals surface area contributed by atoms with Gasteiger partial charge in [-0.1, -0.05) is 11.6 Å². The van der Waals surface area contributed by atoms with Crippen LogP contribution in [0.3, 0.4) is 0 Å². The third kappa shape index (κ3) is 2.30. The Kier molecular flexibility index (Phi) is 3.31. The third-order valence-electron chi connectivity index (χ3n) is 6.53. The molecule has 23 heavy (non-hydrogen) atoms. The Balaban J connectivity index is 1.45. The molecule has 0 saturated heterocycles. The van der Waals surface area contributed by atoms with Gasteiger partial charge >= 0.3 is 6.18 Å². The molecule has 3 aliphatic rings. The van der Waals surface area contributed by atoms with Gasteiger partial charge in [-0.3, -0.25) is 4.68 Å². The summed E-state index contributed by atoms with van der Waals surface area (Å²) in [6, 6.07) is 0. The molecule has 1 aromatic heterocycles. The zero-order valence-electron chi connectivity index (χ0n) is 13.0. The Labute approximate surface area is 133 Å². The zero-order chi connectivity index (χ0) is 16.3. The van der Waals surface area contributed by atoms with Gasteiger partial charge in [0.1, 0.15) is 11.3 Å². The molecule has 3 aliphatic carbocycles. The van der Waals surface area contributed by atoms with Gasteiger partial charge in [-0.25, -0.2) is 0 Å². The molecule has 0 amide bonds. The molecule has 0 spiro atoms. The monoisotopic (exact) mass is 329 g/mol. The van der Waals surface area contributed by atoms with E-state index in [2.05, 4.69) is 10.3 Å². The molecule has 3 fully saturated rings. The van der Waals surface area contributed by atoms with E-state index in [9.17, 15) is 18.3 Å². The van der Waals surface area contributed by atoms with Crippen molar-refractivity contribution in [3.05, 3.63) is 11.9 Å². The summed E-state index contributed by atoms with van der Waals surface area (Å²) in [5, 5.41) is 18.9. The second kappa shape index (κ2) is 4.94. The lowest BCUT2D eigenvalue weighted by atomic mass is 9.66. The lowest BCUT2D eigenvalue weighted by Crippen LogP contribution is -2.44. The maximum atomic E-state index is 13.2. The smallest absolute Gasteiger partial charge is 0.383 e. The quantitative estimate of drug-likeness (QED) is 0.921. The van der Waals surface area contributed by atoms with Gasteiger partial charge in [0.15, 0.2) is 0 Å². The van der Waals surface area contributed by atoms with Crippen LogP contribution in [0.1, 0.15) is 57.1 Å². The first kappa shape index (κ1) is 15.4. The number of nitrogens with zero attached hydrogens (tertiary/aromatic N) is 3. The largest absolute Gasteiger partial charge is 0.394 e. The lowest BCUT2D eigenvalue weighted by molar-refractivity contribution is -0.254. The summed E-state index contributed by atoms with van der Waals surface area (Å²) < 4.78 is 41.0. The molecule has 0 aromatic carbocycles. The van der Waals surface area contributed by atoms with Crippen LogP contribution in [0.4, 0.5) is 13.2 Å². The number of aliphatic hydroxyl groups is 1. The van der Waals surface area contributed by atoms with Crippen LogP contribution in [0.5, 0.6) is 0 Å². The van der Waals surface area contributed by atoms with Crippen molar-refractivity contribution in [2.75, 3.05) is 0 Å². The highest BCUT2D eigenvalue weighted by molar-refractivity contribution is 5.15. The standard InChI is InChI=1S/C16H22F3N3O/c17-16(18,19)14(4-1-5-14)6-7-22-10-13(20-21-22)15(23)9-11-2-3-12(15)8-11/h10-12,23H,1-9H2. The van der Waals surface area contributed by atoms with Crippen LogP contribution >= 0.6 is 0 Å².